The molecular formula is C26H39NO8. The summed E-state index contributed by atoms with van der Waals surface area (Å²) >= 11 is 0. The maximum atomic E-state index is 13.3. The van der Waals surface area contributed by atoms with Gasteiger partial charge in [0, 0.05) is 19.4 Å². The second-order valence-electron chi connectivity index (χ2n) is 9.95. The SMILES string of the molecule is CO[C@H]1O[C@H](CO)[C@@H](O)[C@H](OC(=O)[C@@H](Cc2ccccc2)NC(=O)C2CCC(C(C)C)CC2)[C@H]1O. The molecule has 2 fully saturated rings. The number of hydrogen-bond donors (Lipinski definition) is 4. The van der Waals surface area contributed by atoms with Crippen LogP contribution in [0.5, 0.6) is 0 Å². The van der Waals surface area contributed by atoms with Crippen molar-refractivity contribution in [1.82, 2.24) is 5.32 Å². The van der Waals surface area contributed by atoms with Gasteiger partial charge in [0.05, 0.1) is 6.61 Å². The van der Waals surface area contributed by atoms with Crippen LogP contribution in [0.1, 0.15) is 45.1 Å². The Kier molecular flexibility index (Phi) is 10.1. The first-order chi connectivity index (χ1) is 16.7. The van der Waals surface area contributed by atoms with Gasteiger partial charge in [-0.15, -0.1) is 0 Å². The van der Waals surface area contributed by atoms with Gasteiger partial charge in [0.1, 0.15) is 24.4 Å². The summed E-state index contributed by atoms with van der Waals surface area (Å²) in [5, 5.41) is 33.4. The number of ether oxygens (including phenoxy) is 3. The molecule has 1 saturated heterocycles. The first-order valence-electron chi connectivity index (χ1n) is 12.4. The Labute approximate surface area is 206 Å². The Balaban J connectivity index is 1.72. The fourth-order valence-corrected chi connectivity index (χ4v) is 4.98. The minimum atomic E-state index is -1.47. The largest absolute Gasteiger partial charge is 0.455 e. The summed E-state index contributed by atoms with van der Waals surface area (Å²) in [7, 11) is 1.30. The van der Waals surface area contributed by atoms with Crippen LogP contribution in [0.3, 0.4) is 0 Å². The first kappa shape index (κ1) is 27.5. The fourth-order valence-electron chi connectivity index (χ4n) is 4.98. The highest BCUT2D eigenvalue weighted by molar-refractivity contribution is 5.86. The summed E-state index contributed by atoms with van der Waals surface area (Å²) in [6.45, 7) is 3.85. The molecule has 1 heterocycles. The van der Waals surface area contributed by atoms with Gasteiger partial charge >= 0.3 is 5.97 Å². The van der Waals surface area contributed by atoms with Crippen LogP contribution in [0.15, 0.2) is 30.3 Å². The van der Waals surface area contributed by atoms with Crippen molar-refractivity contribution in [3.8, 4) is 0 Å². The average Bonchev–Trinajstić information content (AvgIpc) is 2.86. The third-order valence-electron chi connectivity index (χ3n) is 7.28. The highest BCUT2D eigenvalue weighted by Crippen LogP contribution is 2.33. The number of aliphatic hydroxyl groups excluding tert-OH is 3. The van der Waals surface area contributed by atoms with E-state index in [1.54, 1.807) is 0 Å². The Morgan fingerprint density at radius 1 is 1.09 bits per heavy atom. The summed E-state index contributed by atoms with van der Waals surface area (Å²) in [6, 6.07) is 8.23. The van der Waals surface area contributed by atoms with Crippen LogP contribution in [0.4, 0.5) is 0 Å². The first-order valence-corrected chi connectivity index (χ1v) is 12.4. The topological polar surface area (TPSA) is 135 Å². The molecule has 9 nitrogen and oxygen atoms in total. The van der Waals surface area contributed by atoms with E-state index in [1.165, 1.54) is 7.11 Å². The number of esters is 1. The van der Waals surface area contributed by atoms with Crippen LogP contribution >= 0.6 is 0 Å². The molecule has 35 heavy (non-hydrogen) atoms. The predicted octanol–water partition coefficient (Wildman–Crippen LogP) is 1.17. The molecule has 1 saturated carbocycles. The molecule has 1 amide bonds. The van der Waals surface area contributed by atoms with Crippen LogP contribution in [0, 0.1) is 17.8 Å². The Morgan fingerprint density at radius 2 is 1.74 bits per heavy atom. The van der Waals surface area contributed by atoms with Gasteiger partial charge in [-0.05, 0) is 43.1 Å². The molecule has 0 radical (unpaired) electrons. The normalized spacial score (nSPS) is 32.1. The lowest BCUT2D eigenvalue weighted by molar-refractivity contribution is -0.297. The van der Waals surface area contributed by atoms with Gasteiger partial charge < -0.3 is 34.8 Å². The highest BCUT2D eigenvalue weighted by Gasteiger charge is 2.47. The van der Waals surface area contributed by atoms with E-state index in [-0.39, 0.29) is 18.2 Å². The number of nitrogens with one attached hydrogen (secondary N) is 1. The average molecular weight is 494 g/mol. The molecule has 1 aromatic rings. The molecule has 9 heteroatoms. The predicted molar refractivity (Wildman–Crippen MR) is 127 cm³/mol. The van der Waals surface area contributed by atoms with Gasteiger partial charge in [-0.2, -0.15) is 0 Å². The zero-order valence-corrected chi connectivity index (χ0v) is 20.7. The van der Waals surface area contributed by atoms with Crippen molar-refractivity contribution in [3.05, 3.63) is 35.9 Å². The number of rotatable bonds is 9. The molecule has 6 atom stereocenters. The van der Waals surface area contributed by atoms with Gasteiger partial charge in [-0.1, -0.05) is 44.2 Å². The van der Waals surface area contributed by atoms with Gasteiger partial charge in [-0.25, -0.2) is 4.79 Å². The monoisotopic (exact) mass is 493 g/mol. The van der Waals surface area contributed by atoms with Crippen molar-refractivity contribution in [1.29, 1.82) is 0 Å². The number of carbonyl (C=O) groups excluding carboxylic acids is 2. The van der Waals surface area contributed by atoms with Crippen LogP contribution in [-0.4, -0.2) is 77.7 Å². The van der Waals surface area contributed by atoms with Gasteiger partial charge in [0.2, 0.25) is 5.91 Å². The maximum absolute atomic E-state index is 13.3. The van der Waals surface area contributed by atoms with Crippen molar-refractivity contribution < 1.29 is 39.1 Å². The zero-order valence-electron chi connectivity index (χ0n) is 20.7. The molecule has 1 aliphatic heterocycles. The van der Waals surface area contributed by atoms with E-state index >= 15 is 0 Å². The highest BCUT2D eigenvalue weighted by atomic mass is 16.7. The number of methoxy groups -OCH3 is 1. The van der Waals surface area contributed by atoms with Crippen molar-refractivity contribution in [2.75, 3.05) is 13.7 Å². The Hall–Kier alpha value is -2.04. The van der Waals surface area contributed by atoms with E-state index in [0.29, 0.717) is 11.8 Å². The molecular weight excluding hydrogens is 454 g/mol. The lowest BCUT2D eigenvalue weighted by Gasteiger charge is -2.41. The van der Waals surface area contributed by atoms with Gasteiger partial charge in [0.15, 0.2) is 12.4 Å². The second-order valence-corrected chi connectivity index (χ2v) is 9.95. The third kappa shape index (κ3) is 7.01. The van der Waals surface area contributed by atoms with Crippen LogP contribution in [0.2, 0.25) is 0 Å². The minimum absolute atomic E-state index is 0.174. The molecule has 3 rings (SSSR count). The number of carbonyl (C=O) groups is 2. The maximum Gasteiger partial charge on any atom is 0.329 e. The zero-order chi connectivity index (χ0) is 25.5. The molecule has 196 valence electrons. The van der Waals surface area contributed by atoms with Crippen molar-refractivity contribution in [2.24, 2.45) is 17.8 Å². The molecule has 4 N–H and O–H groups in total. The Bertz CT molecular complexity index is 795. The minimum Gasteiger partial charge on any atom is -0.455 e. The third-order valence-corrected chi connectivity index (χ3v) is 7.28. The molecule has 0 unspecified atom stereocenters. The fraction of sp³-hybridized carbons (Fsp3) is 0.692. The Morgan fingerprint density at radius 3 is 2.31 bits per heavy atom. The summed E-state index contributed by atoms with van der Waals surface area (Å²) < 4.78 is 15.9. The summed E-state index contributed by atoms with van der Waals surface area (Å²) in [4.78, 5) is 26.4. The summed E-state index contributed by atoms with van der Waals surface area (Å²) in [5.41, 5.74) is 0.828. The smallest absolute Gasteiger partial charge is 0.329 e. The van der Waals surface area contributed by atoms with E-state index in [0.717, 1.165) is 31.2 Å². The standard InChI is InChI=1S/C26H39NO8/c1-15(2)17-9-11-18(12-10-17)24(31)27-19(13-16-7-5-4-6-8-16)25(32)35-23-21(29)20(14-28)34-26(33-3)22(23)30/h4-8,15,17-23,26,28-30H,9-14H2,1-3H3,(H,27,31)/t17?,18?,19-,20-,21-,22-,23+,26+/m1/s1. The molecule has 1 aromatic carbocycles. The molecule has 0 bridgehead atoms. The quantitative estimate of drug-likeness (QED) is 0.377. The molecule has 0 aromatic heterocycles. The van der Waals surface area contributed by atoms with E-state index in [1.807, 2.05) is 30.3 Å². The van der Waals surface area contributed by atoms with Crippen molar-refractivity contribution >= 4 is 11.9 Å². The van der Waals surface area contributed by atoms with Crippen molar-refractivity contribution in [3.63, 3.8) is 0 Å². The van der Waals surface area contributed by atoms with Crippen LogP contribution < -0.4 is 5.32 Å². The second kappa shape index (κ2) is 12.8. The van der Waals surface area contributed by atoms with Crippen molar-refractivity contribution in [2.45, 2.75) is 82.7 Å². The van der Waals surface area contributed by atoms with E-state index < -0.39 is 49.3 Å². The van der Waals surface area contributed by atoms with Gasteiger partial charge in [-0.3, -0.25) is 4.79 Å². The lowest BCUT2D eigenvalue weighted by atomic mass is 9.76. The number of benzene rings is 1. The lowest BCUT2D eigenvalue weighted by Crippen LogP contribution is -2.61. The number of amides is 1. The van der Waals surface area contributed by atoms with Crippen LogP contribution in [-0.2, 0) is 30.2 Å². The van der Waals surface area contributed by atoms with E-state index in [4.69, 9.17) is 14.2 Å². The van der Waals surface area contributed by atoms with E-state index in [2.05, 4.69) is 19.2 Å². The van der Waals surface area contributed by atoms with Gasteiger partial charge in [0.25, 0.3) is 0 Å². The van der Waals surface area contributed by atoms with Crippen LogP contribution in [0.25, 0.3) is 0 Å². The molecule has 1 aliphatic carbocycles. The number of aliphatic hydroxyl groups is 3. The van der Waals surface area contributed by atoms with E-state index in [9.17, 15) is 24.9 Å². The molecule has 0 spiro atoms. The summed E-state index contributed by atoms with van der Waals surface area (Å²) in [6.07, 6.45) is -2.93. The number of hydrogen-bond acceptors (Lipinski definition) is 8. The molecule has 2 aliphatic rings. The summed E-state index contributed by atoms with van der Waals surface area (Å²) in [5.74, 6) is 0.0346.